The van der Waals surface area contributed by atoms with Crippen LogP contribution in [0.5, 0.6) is 0 Å². The number of pyridine rings is 1. The summed E-state index contributed by atoms with van der Waals surface area (Å²) in [6.07, 6.45) is 4.18. The molecule has 4 N–H and O–H groups in total. The van der Waals surface area contributed by atoms with Gasteiger partial charge < -0.3 is 15.8 Å². The van der Waals surface area contributed by atoms with Crippen molar-refractivity contribution in [1.29, 1.82) is 0 Å². The average Bonchev–Trinajstić information content (AvgIpc) is 3.19. The third-order valence-corrected chi connectivity index (χ3v) is 5.14. The molecule has 6 heteroatoms. The van der Waals surface area contributed by atoms with Crippen molar-refractivity contribution in [2.75, 3.05) is 6.54 Å². The van der Waals surface area contributed by atoms with Gasteiger partial charge in [-0.1, -0.05) is 12.1 Å². The number of carbonyl (C=O) groups is 1. The van der Waals surface area contributed by atoms with Crippen LogP contribution in [0.15, 0.2) is 42.3 Å². The van der Waals surface area contributed by atoms with Crippen LogP contribution in [0.25, 0.3) is 17.1 Å². The van der Waals surface area contributed by atoms with Gasteiger partial charge in [-0.05, 0) is 59.9 Å². The van der Waals surface area contributed by atoms with Crippen molar-refractivity contribution in [3.05, 3.63) is 70.2 Å². The molecule has 0 saturated carbocycles. The number of aliphatic hydroxyl groups excluding tert-OH is 1. The molecule has 0 radical (unpaired) electrons. The number of aliphatic hydroxyl groups is 1. The lowest BCUT2D eigenvalue weighted by Gasteiger charge is -2.14. The number of nitrogens with one attached hydrogen (secondary N) is 1. The summed E-state index contributed by atoms with van der Waals surface area (Å²) in [7, 11) is 0. The van der Waals surface area contributed by atoms with E-state index >= 15 is 0 Å². The van der Waals surface area contributed by atoms with E-state index in [0.29, 0.717) is 0 Å². The maximum Gasteiger partial charge on any atom is 0.283 e. The summed E-state index contributed by atoms with van der Waals surface area (Å²) in [5.74, 6) is -1.24. The molecule has 3 aromatic rings. The van der Waals surface area contributed by atoms with Crippen molar-refractivity contribution in [3.8, 4) is 0 Å². The number of H-pyrrole nitrogens is 1. The molecular formula is C21H22N4O2. The fourth-order valence-electron chi connectivity index (χ4n) is 3.76. The Labute approximate surface area is 157 Å². The lowest BCUT2D eigenvalue weighted by molar-refractivity contribution is -0.116. The minimum absolute atomic E-state index is 0.423. The van der Waals surface area contributed by atoms with Gasteiger partial charge in [-0.25, -0.2) is 4.98 Å². The van der Waals surface area contributed by atoms with Gasteiger partial charge in [-0.2, -0.15) is 0 Å². The highest BCUT2D eigenvalue weighted by molar-refractivity contribution is 5.94. The number of benzene rings is 1. The summed E-state index contributed by atoms with van der Waals surface area (Å²) < 4.78 is 0. The SMILES string of the molecule is Cc1[nH]c2ncccc2c1CCN1Cc2ccc(/C=C(\O)C(N)=O)cc2C1. The van der Waals surface area contributed by atoms with Crippen LogP contribution in [0.2, 0.25) is 0 Å². The third-order valence-electron chi connectivity index (χ3n) is 5.14. The molecule has 0 fully saturated rings. The van der Waals surface area contributed by atoms with Crippen molar-refractivity contribution in [1.82, 2.24) is 14.9 Å². The van der Waals surface area contributed by atoms with E-state index in [1.165, 1.54) is 33.8 Å². The van der Waals surface area contributed by atoms with Crippen molar-refractivity contribution >= 4 is 23.0 Å². The summed E-state index contributed by atoms with van der Waals surface area (Å²) in [6, 6.07) is 10.0. The molecular weight excluding hydrogens is 340 g/mol. The number of rotatable bonds is 5. The lowest BCUT2D eigenvalue weighted by Crippen LogP contribution is -2.19. The molecule has 3 heterocycles. The molecule has 2 aromatic heterocycles. The monoisotopic (exact) mass is 362 g/mol. The van der Waals surface area contributed by atoms with Crippen LogP contribution in [0.4, 0.5) is 0 Å². The second-order valence-electron chi connectivity index (χ2n) is 7.01. The number of fused-ring (bicyclic) bond motifs is 2. The van der Waals surface area contributed by atoms with Gasteiger partial charge in [0.2, 0.25) is 0 Å². The highest BCUT2D eigenvalue weighted by Gasteiger charge is 2.20. The zero-order valence-electron chi connectivity index (χ0n) is 15.2. The Morgan fingerprint density at radius 1 is 1.33 bits per heavy atom. The maximum absolute atomic E-state index is 11.0. The molecule has 0 bridgehead atoms. The molecule has 0 atom stereocenters. The Morgan fingerprint density at radius 3 is 2.96 bits per heavy atom. The van der Waals surface area contributed by atoms with E-state index in [4.69, 9.17) is 5.73 Å². The Balaban J connectivity index is 1.46. The number of nitrogens with two attached hydrogens (primary N) is 1. The summed E-state index contributed by atoms with van der Waals surface area (Å²) in [4.78, 5) is 21.1. The molecule has 0 unspecified atom stereocenters. The summed E-state index contributed by atoms with van der Waals surface area (Å²) in [5.41, 5.74) is 11.8. The van der Waals surface area contributed by atoms with Crippen LogP contribution in [0.1, 0.15) is 27.9 Å². The van der Waals surface area contributed by atoms with E-state index in [1.54, 1.807) is 6.20 Å². The molecule has 1 aromatic carbocycles. The van der Waals surface area contributed by atoms with E-state index in [2.05, 4.69) is 33.9 Å². The van der Waals surface area contributed by atoms with Gasteiger partial charge >= 0.3 is 0 Å². The predicted octanol–water partition coefficient (Wildman–Crippen LogP) is 2.81. The number of aryl methyl sites for hydroxylation is 1. The second-order valence-corrected chi connectivity index (χ2v) is 7.01. The van der Waals surface area contributed by atoms with Gasteiger partial charge in [-0.3, -0.25) is 9.69 Å². The quantitative estimate of drug-likeness (QED) is 0.480. The normalized spacial score (nSPS) is 14.6. The Bertz CT molecular complexity index is 1050. The predicted molar refractivity (Wildman–Crippen MR) is 105 cm³/mol. The highest BCUT2D eigenvalue weighted by atomic mass is 16.3. The summed E-state index contributed by atoms with van der Waals surface area (Å²) in [5, 5.41) is 10.7. The van der Waals surface area contributed by atoms with Crippen LogP contribution >= 0.6 is 0 Å². The fraction of sp³-hybridized carbons (Fsp3) is 0.238. The number of hydrogen-bond acceptors (Lipinski definition) is 4. The first-order valence-electron chi connectivity index (χ1n) is 8.98. The molecule has 0 saturated heterocycles. The Kier molecular flexibility index (Phi) is 4.41. The third kappa shape index (κ3) is 3.44. The molecule has 4 rings (SSSR count). The van der Waals surface area contributed by atoms with Gasteiger partial charge in [-0.15, -0.1) is 0 Å². The van der Waals surface area contributed by atoms with Crippen LogP contribution < -0.4 is 5.73 Å². The van der Waals surface area contributed by atoms with E-state index in [0.717, 1.165) is 37.3 Å². The largest absolute Gasteiger partial charge is 0.503 e. The summed E-state index contributed by atoms with van der Waals surface area (Å²) >= 11 is 0. The highest BCUT2D eigenvalue weighted by Crippen LogP contribution is 2.26. The van der Waals surface area contributed by atoms with Gasteiger partial charge in [0.05, 0.1) is 0 Å². The topological polar surface area (TPSA) is 95.2 Å². The smallest absolute Gasteiger partial charge is 0.283 e. The second kappa shape index (κ2) is 6.89. The van der Waals surface area contributed by atoms with Crippen LogP contribution in [0.3, 0.4) is 0 Å². The molecule has 0 aliphatic carbocycles. The number of primary amides is 1. The minimum atomic E-state index is -0.819. The lowest BCUT2D eigenvalue weighted by atomic mass is 10.1. The molecule has 6 nitrogen and oxygen atoms in total. The van der Waals surface area contributed by atoms with Crippen molar-refractivity contribution in [3.63, 3.8) is 0 Å². The number of amides is 1. The molecule has 0 spiro atoms. The first kappa shape index (κ1) is 17.3. The Morgan fingerprint density at radius 2 is 2.15 bits per heavy atom. The summed E-state index contributed by atoms with van der Waals surface area (Å²) in [6.45, 7) is 4.81. The molecule has 27 heavy (non-hydrogen) atoms. The van der Waals surface area contributed by atoms with Gasteiger partial charge in [0.25, 0.3) is 5.91 Å². The number of nitrogens with zero attached hydrogens (tertiary/aromatic N) is 2. The van der Waals surface area contributed by atoms with Crippen LogP contribution in [-0.2, 0) is 24.3 Å². The molecule has 1 aliphatic rings. The molecule has 1 amide bonds. The minimum Gasteiger partial charge on any atom is -0.503 e. The molecule has 1 aliphatic heterocycles. The maximum atomic E-state index is 11.0. The number of aromatic amines is 1. The van der Waals surface area contributed by atoms with E-state index < -0.39 is 11.7 Å². The van der Waals surface area contributed by atoms with Crippen molar-refractivity contribution in [2.24, 2.45) is 5.73 Å². The van der Waals surface area contributed by atoms with Crippen molar-refractivity contribution in [2.45, 2.75) is 26.4 Å². The zero-order valence-corrected chi connectivity index (χ0v) is 15.2. The first-order chi connectivity index (χ1) is 13.0. The average molecular weight is 362 g/mol. The van der Waals surface area contributed by atoms with Gasteiger partial charge in [0.1, 0.15) is 5.65 Å². The standard InChI is InChI=1S/C21H22N4O2/c1-13-17(18-3-2-7-23-21(18)24-13)6-8-25-11-15-5-4-14(9-16(15)12-25)10-19(26)20(22)27/h2-5,7,9-10,26H,6,8,11-12H2,1H3,(H2,22,27)(H,23,24)/b19-10-. The van der Waals surface area contributed by atoms with Gasteiger partial charge in [0, 0.05) is 36.9 Å². The van der Waals surface area contributed by atoms with Gasteiger partial charge in [0.15, 0.2) is 5.76 Å². The van der Waals surface area contributed by atoms with E-state index in [-0.39, 0.29) is 0 Å². The number of carbonyl (C=O) groups excluding carboxylic acids is 1. The van der Waals surface area contributed by atoms with E-state index in [9.17, 15) is 9.90 Å². The fourth-order valence-corrected chi connectivity index (χ4v) is 3.76. The number of aromatic nitrogens is 2. The number of hydrogen-bond donors (Lipinski definition) is 3. The van der Waals surface area contributed by atoms with Crippen molar-refractivity contribution < 1.29 is 9.90 Å². The first-order valence-corrected chi connectivity index (χ1v) is 8.98. The zero-order chi connectivity index (χ0) is 19.0. The molecule has 138 valence electrons. The van der Waals surface area contributed by atoms with E-state index in [1.807, 2.05) is 18.2 Å². The van der Waals surface area contributed by atoms with Crippen LogP contribution in [-0.4, -0.2) is 32.4 Å². The van der Waals surface area contributed by atoms with Crippen LogP contribution in [0, 0.1) is 6.92 Å². The Hall–Kier alpha value is -3.12.